The fraction of sp³-hybridized carbons (Fsp3) is 0.294. The van der Waals surface area contributed by atoms with E-state index in [2.05, 4.69) is 10.3 Å². The number of hydrogen-bond acceptors (Lipinski definition) is 4. The van der Waals surface area contributed by atoms with Gasteiger partial charge in [0.25, 0.3) is 0 Å². The fourth-order valence-electron chi connectivity index (χ4n) is 2.91. The predicted molar refractivity (Wildman–Crippen MR) is 87.4 cm³/mol. The van der Waals surface area contributed by atoms with Crippen molar-refractivity contribution in [2.24, 2.45) is 0 Å². The summed E-state index contributed by atoms with van der Waals surface area (Å²) in [7, 11) is 0. The molecular formula is C17H16N2O2S. The monoisotopic (exact) mass is 312 g/mol. The average molecular weight is 312 g/mol. The van der Waals surface area contributed by atoms with Crippen LogP contribution in [-0.2, 0) is 24.1 Å². The summed E-state index contributed by atoms with van der Waals surface area (Å²) in [6, 6.07) is 6.03. The third-order valence-electron chi connectivity index (χ3n) is 4.00. The first-order chi connectivity index (χ1) is 10.7. The van der Waals surface area contributed by atoms with Gasteiger partial charge >= 0.3 is 0 Å². The van der Waals surface area contributed by atoms with E-state index in [0.717, 1.165) is 45.8 Å². The molecule has 1 aliphatic carbocycles. The molecule has 22 heavy (non-hydrogen) atoms. The van der Waals surface area contributed by atoms with Crippen molar-refractivity contribution in [3.05, 3.63) is 46.2 Å². The standard InChI is InChI=1S/C17H16N2O2S/c1-10-5-6-12-11(9-21-14(12)7-10)8-16(20)19-17-18-13-3-2-4-15(13)22-17/h5-7,9H,2-4,8H2,1H3,(H,18,19,20). The van der Waals surface area contributed by atoms with Crippen LogP contribution >= 0.6 is 11.3 Å². The number of anilines is 1. The van der Waals surface area contributed by atoms with E-state index in [0.29, 0.717) is 6.42 Å². The Morgan fingerprint density at radius 1 is 1.41 bits per heavy atom. The summed E-state index contributed by atoms with van der Waals surface area (Å²) in [6.07, 6.45) is 5.29. The van der Waals surface area contributed by atoms with Crippen LogP contribution in [0.15, 0.2) is 28.9 Å². The molecule has 4 rings (SSSR count). The summed E-state index contributed by atoms with van der Waals surface area (Å²) in [4.78, 5) is 18.0. The Morgan fingerprint density at radius 2 is 2.32 bits per heavy atom. The van der Waals surface area contributed by atoms with Crippen LogP contribution in [0, 0.1) is 6.92 Å². The zero-order valence-corrected chi connectivity index (χ0v) is 13.1. The highest BCUT2D eigenvalue weighted by molar-refractivity contribution is 7.15. The molecule has 2 aromatic heterocycles. The highest BCUT2D eigenvalue weighted by Gasteiger charge is 2.18. The molecule has 0 atom stereocenters. The molecule has 112 valence electrons. The maximum absolute atomic E-state index is 12.2. The number of carbonyl (C=O) groups is 1. The van der Waals surface area contributed by atoms with Gasteiger partial charge in [0.15, 0.2) is 5.13 Å². The number of nitrogens with zero attached hydrogens (tertiary/aromatic N) is 1. The van der Waals surface area contributed by atoms with Crippen LogP contribution in [0.3, 0.4) is 0 Å². The summed E-state index contributed by atoms with van der Waals surface area (Å²) >= 11 is 1.60. The number of hydrogen-bond donors (Lipinski definition) is 1. The van der Waals surface area contributed by atoms with Crippen molar-refractivity contribution in [2.75, 3.05) is 5.32 Å². The van der Waals surface area contributed by atoms with Gasteiger partial charge in [-0.2, -0.15) is 0 Å². The lowest BCUT2D eigenvalue weighted by Gasteiger charge is -2.01. The van der Waals surface area contributed by atoms with E-state index < -0.39 is 0 Å². The number of amides is 1. The second kappa shape index (κ2) is 5.25. The molecule has 1 aromatic carbocycles. The smallest absolute Gasteiger partial charge is 0.230 e. The van der Waals surface area contributed by atoms with Gasteiger partial charge in [-0.25, -0.2) is 4.98 Å². The number of furan rings is 1. The molecule has 0 fully saturated rings. The van der Waals surface area contributed by atoms with Gasteiger partial charge in [0.2, 0.25) is 5.91 Å². The molecule has 1 N–H and O–H groups in total. The number of fused-ring (bicyclic) bond motifs is 2. The zero-order chi connectivity index (χ0) is 15.1. The number of nitrogens with one attached hydrogen (secondary N) is 1. The number of carbonyl (C=O) groups excluding carboxylic acids is 1. The molecule has 0 unspecified atom stereocenters. The SMILES string of the molecule is Cc1ccc2c(CC(=O)Nc3nc4c(s3)CCC4)coc2c1. The van der Waals surface area contributed by atoms with E-state index in [1.165, 1.54) is 11.3 Å². The van der Waals surface area contributed by atoms with Crippen molar-refractivity contribution >= 4 is 33.3 Å². The first-order valence-electron chi connectivity index (χ1n) is 7.44. The first-order valence-corrected chi connectivity index (χ1v) is 8.26. The van der Waals surface area contributed by atoms with Gasteiger partial charge in [0.05, 0.1) is 18.4 Å². The van der Waals surface area contributed by atoms with E-state index in [9.17, 15) is 4.79 Å². The summed E-state index contributed by atoms with van der Waals surface area (Å²) in [5.74, 6) is -0.0456. The third kappa shape index (κ3) is 2.41. The summed E-state index contributed by atoms with van der Waals surface area (Å²) in [5.41, 5.74) is 4.05. The lowest BCUT2D eigenvalue weighted by Crippen LogP contribution is -2.14. The van der Waals surface area contributed by atoms with Crippen LogP contribution in [0.5, 0.6) is 0 Å². The minimum atomic E-state index is -0.0456. The molecule has 0 saturated heterocycles. The van der Waals surface area contributed by atoms with Gasteiger partial charge in [-0.1, -0.05) is 12.1 Å². The molecule has 1 amide bonds. The van der Waals surface area contributed by atoms with E-state index in [4.69, 9.17) is 4.42 Å². The summed E-state index contributed by atoms with van der Waals surface area (Å²) < 4.78 is 5.54. The van der Waals surface area contributed by atoms with Gasteiger partial charge < -0.3 is 9.73 Å². The Morgan fingerprint density at radius 3 is 3.18 bits per heavy atom. The van der Waals surface area contributed by atoms with Crippen LogP contribution in [0.4, 0.5) is 5.13 Å². The van der Waals surface area contributed by atoms with Gasteiger partial charge in [-0.15, -0.1) is 11.3 Å². The topological polar surface area (TPSA) is 55.1 Å². The lowest BCUT2D eigenvalue weighted by molar-refractivity contribution is -0.115. The molecule has 0 spiro atoms. The largest absolute Gasteiger partial charge is 0.464 e. The van der Waals surface area contributed by atoms with Crippen molar-refractivity contribution in [1.82, 2.24) is 4.98 Å². The second-order valence-corrected chi connectivity index (χ2v) is 6.81. The van der Waals surface area contributed by atoms with E-state index in [1.807, 2.05) is 25.1 Å². The minimum Gasteiger partial charge on any atom is -0.464 e. The Kier molecular flexibility index (Phi) is 3.22. The summed E-state index contributed by atoms with van der Waals surface area (Å²) in [6.45, 7) is 2.02. The number of benzene rings is 1. The van der Waals surface area contributed by atoms with Crippen molar-refractivity contribution in [1.29, 1.82) is 0 Å². The van der Waals surface area contributed by atoms with Crippen LogP contribution < -0.4 is 5.32 Å². The van der Waals surface area contributed by atoms with Crippen molar-refractivity contribution < 1.29 is 9.21 Å². The van der Waals surface area contributed by atoms with Gasteiger partial charge in [0, 0.05) is 15.8 Å². The van der Waals surface area contributed by atoms with Crippen molar-refractivity contribution in [3.63, 3.8) is 0 Å². The molecule has 0 aliphatic heterocycles. The third-order valence-corrected chi connectivity index (χ3v) is 5.08. The summed E-state index contributed by atoms with van der Waals surface area (Å²) in [5, 5.41) is 4.64. The van der Waals surface area contributed by atoms with Gasteiger partial charge in [-0.05, 0) is 37.8 Å². The molecule has 2 heterocycles. The maximum Gasteiger partial charge on any atom is 0.230 e. The van der Waals surface area contributed by atoms with Crippen LogP contribution in [0.2, 0.25) is 0 Å². The molecule has 5 heteroatoms. The fourth-order valence-corrected chi connectivity index (χ4v) is 3.97. The Bertz CT molecular complexity index is 841. The van der Waals surface area contributed by atoms with Crippen LogP contribution in [0.25, 0.3) is 11.0 Å². The molecule has 3 aromatic rings. The quantitative estimate of drug-likeness (QED) is 0.799. The Hall–Kier alpha value is -2.14. The van der Waals surface area contributed by atoms with Gasteiger partial charge in [0.1, 0.15) is 5.58 Å². The Labute approximate surface area is 132 Å². The van der Waals surface area contributed by atoms with Crippen molar-refractivity contribution in [2.45, 2.75) is 32.6 Å². The highest BCUT2D eigenvalue weighted by Crippen LogP contribution is 2.30. The Balaban J connectivity index is 1.50. The number of aromatic nitrogens is 1. The van der Waals surface area contributed by atoms with E-state index in [1.54, 1.807) is 17.6 Å². The van der Waals surface area contributed by atoms with E-state index in [-0.39, 0.29) is 5.91 Å². The maximum atomic E-state index is 12.2. The normalized spacial score (nSPS) is 13.5. The molecular weight excluding hydrogens is 296 g/mol. The predicted octanol–water partition coefficient (Wildman–Crippen LogP) is 3.87. The zero-order valence-electron chi connectivity index (χ0n) is 12.3. The average Bonchev–Trinajstić information content (AvgIpc) is 3.13. The van der Waals surface area contributed by atoms with Crippen LogP contribution in [-0.4, -0.2) is 10.9 Å². The number of rotatable bonds is 3. The second-order valence-electron chi connectivity index (χ2n) is 5.73. The van der Waals surface area contributed by atoms with E-state index >= 15 is 0 Å². The van der Waals surface area contributed by atoms with Gasteiger partial charge in [-0.3, -0.25) is 4.79 Å². The minimum absolute atomic E-state index is 0.0456. The molecule has 1 aliphatic rings. The first kappa shape index (κ1) is 13.5. The number of thiazole rings is 1. The highest BCUT2D eigenvalue weighted by atomic mass is 32.1. The lowest BCUT2D eigenvalue weighted by atomic mass is 10.1. The van der Waals surface area contributed by atoms with Crippen molar-refractivity contribution in [3.8, 4) is 0 Å². The molecule has 0 bridgehead atoms. The molecule has 0 saturated carbocycles. The number of aryl methyl sites for hydroxylation is 3. The van der Waals surface area contributed by atoms with Crippen LogP contribution in [0.1, 0.15) is 28.1 Å². The molecule has 0 radical (unpaired) electrons. The molecule has 4 nitrogen and oxygen atoms in total.